The highest BCUT2D eigenvalue weighted by Gasteiger charge is 2.36. The highest BCUT2D eigenvalue weighted by Crippen LogP contribution is 2.35. The van der Waals surface area contributed by atoms with Crippen LogP contribution in [0.1, 0.15) is 25.7 Å². The van der Waals surface area contributed by atoms with E-state index in [1.807, 2.05) is 0 Å². The largest absolute Gasteiger partial charge is 0.495 e. The van der Waals surface area contributed by atoms with E-state index >= 15 is 0 Å². The third kappa shape index (κ3) is 4.25. The minimum absolute atomic E-state index is 0.0881. The summed E-state index contributed by atoms with van der Waals surface area (Å²) in [5, 5.41) is 3.45. The first-order chi connectivity index (χ1) is 12.1. The Kier molecular flexibility index (Phi) is 5.81. The molecule has 2 saturated heterocycles. The number of hydrogen-bond donors (Lipinski definition) is 1. The molecule has 0 aliphatic carbocycles. The van der Waals surface area contributed by atoms with Gasteiger partial charge < -0.3 is 19.7 Å². The van der Waals surface area contributed by atoms with Crippen LogP contribution in [0.4, 0.5) is 5.69 Å². The number of carbonyl (C=O) groups is 2. The molecular formula is C18H23ClN2O4. The van der Waals surface area contributed by atoms with Gasteiger partial charge in [0.05, 0.1) is 24.8 Å². The van der Waals surface area contributed by atoms with Gasteiger partial charge in [0.2, 0.25) is 11.8 Å². The molecule has 3 rings (SSSR count). The molecule has 6 nitrogen and oxygen atoms in total. The zero-order valence-electron chi connectivity index (χ0n) is 14.3. The maximum Gasteiger partial charge on any atom is 0.227 e. The van der Waals surface area contributed by atoms with Crippen LogP contribution in [-0.4, -0.2) is 44.7 Å². The first-order valence-corrected chi connectivity index (χ1v) is 8.99. The molecule has 1 aromatic carbocycles. The van der Waals surface area contributed by atoms with Crippen LogP contribution in [0, 0.1) is 5.92 Å². The van der Waals surface area contributed by atoms with Gasteiger partial charge in [-0.05, 0) is 37.5 Å². The number of nitrogens with zero attached hydrogens (tertiary/aromatic N) is 1. The number of hydrogen-bond acceptors (Lipinski definition) is 4. The molecule has 2 fully saturated rings. The average molecular weight is 367 g/mol. The molecule has 0 unspecified atom stereocenters. The van der Waals surface area contributed by atoms with Gasteiger partial charge in [-0.2, -0.15) is 0 Å². The predicted molar refractivity (Wildman–Crippen MR) is 95.1 cm³/mol. The molecule has 1 N–H and O–H groups in total. The molecule has 0 spiro atoms. The molecule has 0 bridgehead atoms. The number of amides is 2. The van der Waals surface area contributed by atoms with E-state index in [-0.39, 0.29) is 30.3 Å². The number of halogens is 1. The molecule has 0 aromatic heterocycles. The number of rotatable bonds is 6. The van der Waals surface area contributed by atoms with E-state index in [2.05, 4.69) is 5.32 Å². The normalized spacial score (nSPS) is 23.1. The summed E-state index contributed by atoms with van der Waals surface area (Å²) in [6.45, 7) is 1.72. The Morgan fingerprint density at radius 1 is 1.48 bits per heavy atom. The molecule has 136 valence electrons. The second-order valence-corrected chi connectivity index (χ2v) is 6.87. The third-order valence-electron chi connectivity index (χ3n) is 4.72. The first kappa shape index (κ1) is 18.0. The molecule has 2 atom stereocenters. The van der Waals surface area contributed by atoms with Gasteiger partial charge in [0, 0.05) is 31.1 Å². The van der Waals surface area contributed by atoms with Gasteiger partial charge in [-0.15, -0.1) is 0 Å². The van der Waals surface area contributed by atoms with E-state index in [0.29, 0.717) is 29.5 Å². The molecule has 25 heavy (non-hydrogen) atoms. The fourth-order valence-electron chi connectivity index (χ4n) is 3.36. The van der Waals surface area contributed by atoms with E-state index in [4.69, 9.17) is 21.1 Å². The van der Waals surface area contributed by atoms with Crippen LogP contribution in [0.25, 0.3) is 0 Å². The quantitative estimate of drug-likeness (QED) is 0.839. The highest BCUT2D eigenvalue weighted by molar-refractivity contribution is 6.31. The fourth-order valence-corrected chi connectivity index (χ4v) is 3.53. The fraction of sp³-hybridized carbons (Fsp3) is 0.556. The van der Waals surface area contributed by atoms with E-state index in [0.717, 1.165) is 25.9 Å². The van der Waals surface area contributed by atoms with Crippen molar-refractivity contribution in [2.24, 2.45) is 5.92 Å². The van der Waals surface area contributed by atoms with E-state index in [1.165, 1.54) is 0 Å². The van der Waals surface area contributed by atoms with Gasteiger partial charge in [-0.25, -0.2) is 0 Å². The summed E-state index contributed by atoms with van der Waals surface area (Å²) >= 11 is 6.04. The first-order valence-electron chi connectivity index (χ1n) is 8.61. The number of carbonyl (C=O) groups excluding carboxylic acids is 2. The molecule has 7 heteroatoms. The number of methoxy groups -OCH3 is 1. The van der Waals surface area contributed by atoms with Crippen LogP contribution >= 0.6 is 11.6 Å². The van der Waals surface area contributed by atoms with Crippen molar-refractivity contribution in [3.63, 3.8) is 0 Å². The Morgan fingerprint density at radius 3 is 3.04 bits per heavy atom. The van der Waals surface area contributed by atoms with Crippen LogP contribution in [0.5, 0.6) is 5.75 Å². The summed E-state index contributed by atoms with van der Waals surface area (Å²) in [6, 6.07) is 5.12. The molecule has 0 radical (unpaired) electrons. The van der Waals surface area contributed by atoms with E-state index in [9.17, 15) is 9.59 Å². The van der Waals surface area contributed by atoms with Crippen molar-refractivity contribution >= 4 is 29.1 Å². The third-order valence-corrected chi connectivity index (χ3v) is 4.95. The zero-order chi connectivity index (χ0) is 17.8. The lowest BCUT2D eigenvalue weighted by atomic mass is 10.1. The summed E-state index contributed by atoms with van der Waals surface area (Å²) in [5.41, 5.74) is 0.606. The van der Waals surface area contributed by atoms with Crippen LogP contribution in [0.15, 0.2) is 18.2 Å². The lowest BCUT2D eigenvalue weighted by Crippen LogP contribution is -2.34. The van der Waals surface area contributed by atoms with Gasteiger partial charge in [0.1, 0.15) is 5.75 Å². The molecule has 2 heterocycles. The van der Waals surface area contributed by atoms with Crippen molar-refractivity contribution in [2.45, 2.75) is 31.8 Å². The number of nitrogens with one attached hydrogen (secondary N) is 1. The Morgan fingerprint density at radius 2 is 2.32 bits per heavy atom. The maximum atomic E-state index is 12.4. The standard InChI is InChI=1S/C18H23ClN2O4/c1-24-16-5-4-13(19)10-15(16)21-11-12(9-17(21)22)18(23)20-7-6-14-3-2-8-25-14/h4-5,10,12,14H,2-3,6-9,11H2,1H3,(H,20,23)/t12-,14-/m0/s1. The average Bonchev–Trinajstić information content (AvgIpc) is 3.24. The highest BCUT2D eigenvalue weighted by atomic mass is 35.5. The number of ether oxygens (including phenoxy) is 2. The van der Waals surface area contributed by atoms with Crippen molar-refractivity contribution < 1.29 is 19.1 Å². The van der Waals surface area contributed by atoms with Crippen LogP contribution < -0.4 is 15.0 Å². The summed E-state index contributed by atoms with van der Waals surface area (Å²) in [5.74, 6) is 0.0209. The predicted octanol–water partition coefficient (Wildman–Crippen LogP) is 2.39. The number of benzene rings is 1. The minimum Gasteiger partial charge on any atom is -0.495 e. The summed E-state index contributed by atoms with van der Waals surface area (Å²) in [7, 11) is 1.54. The van der Waals surface area contributed by atoms with Crippen molar-refractivity contribution in [2.75, 3.05) is 31.7 Å². The Labute approximate surface area is 152 Å². The SMILES string of the molecule is COc1ccc(Cl)cc1N1C[C@@H](C(=O)NCC[C@@H]2CCCO2)CC1=O. The summed E-state index contributed by atoms with van der Waals surface area (Å²) in [4.78, 5) is 26.3. The van der Waals surface area contributed by atoms with Crippen LogP contribution in [-0.2, 0) is 14.3 Å². The van der Waals surface area contributed by atoms with Crippen molar-refractivity contribution in [1.29, 1.82) is 0 Å². The summed E-state index contributed by atoms with van der Waals surface area (Å²) in [6.07, 6.45) is 3.41. The lowest BCUT2D eigenvalue weighted by Gasteiger charge is -2.20. The monoisotopic (exact) mass is 366 g/mol. The molecule has 0 saturated carbocycles. The van der Waals surface area contributed by atoms with Gasteiger partial charge in [0.15, 0.2) is 0 Å². The van der Waals surface area contributed by atoms with Gasteiger partial charge in [0.25, 0.3) is 0 Å². The lowest BCUT2D eigenvalue weighted by molar-refractivity contribution is -0.126. The molecule has 2 aliphatic heterocycles. The topological polar surface area (TPSA) is 67.9 Å². The smallest absolute Gasteiger partial charge is 0.227 e. The second kappa shape index (κ2) is 8.06. The van der Waals surface area contributed by atoms with Crippen LogP contribution in [0.3, 0.4) is 0 Å². The van der Waals surface area contributed by atoms with Gasteiger partial charge >= 0.3 is 0 Å². The van der Waals surface area contributed by atoms with Crippen LogP contribution in [0.2, 0.25) is 5.02 Å². The summed E-state index contributed by atoms with van der Waals surface area (Å²) < 4.78 is 10.9. The Bertz CT molecular complexity index is 646. The molecule has 2 amide bonds. The number of anilines is 1. The maximum absolute atomic E-state index is 12.4. The van der Waals surface area contributed by atoms with Gasteiger partial charge in [-0.3, -0.25) is 9.59 Å². The van der Waals surface area contributed by atoms with Crippen molar-refractivity contribution in [3.05, 3.63) is 23.2 Å². The van der Waals surface area contributed by atoms with Crippen molar-refractivity contribution in [3.8, 4) is 5.75 Å². The molecular weight excluding hydrogens is 344 g/mol. The Balaban J connectivity index is 1.58. The Hall–Kier alpha value is -1.79. The van der Waals surface area contributed by atoms with Crippen molar-refractivity contribution in [1.82, 2.24) is 5.32 Å². The second-order valence-electron chi connectivity index (χ2n) is 6.44. The van der Waals surface area contributed by atoms with E-state index < -0.39 is 0 Å². The van der Waals surface area contributed by atoms with Gasteiger partial charge in [-0.1, -0.05) is 11.6 Å². The van der Waals surface area contributed by atoms with E-state index in [1.54, 1.807) is 30.2 Å². The minimum atomic E-state index is -0.360. The zero-order valence-corrected chi connectivity index (χ0v) is 15.1. The molecule has 1 aromatic rings. The molecule has 2 aliphatic rings.